The molecule has 0 radical (unpaired) electrons. The minimum atomic E-state index is 0.250. The molecule has 2 aromatic rings. The molecule has 22 heavy (non-hydrogen) atoms. The van der Waals surface area contributed by atoms with Crippen molar-refractivity contribution in [2.24, 2.45) is 0 Å². The molecule has 2 rings (SSSR count). The first-order valence-corrected chi connectivity index (χ1v) is 7.85. The fraction of sp³-hybridized carbons (Fsp3) is 0.273. The quantitative estimate of drug-likeness (QED) is 0.604. The third kappa shape index (κ3) is 5.37. The number of hydrogen-bond acceptors (Lipinski definition) is 0. The van der Waals surface area contributed by atoms with Gasteiger partial charge in [-0.1, -0.05) is 102 Å². The first kappa shape index (κ1) is 18.0. The average molecular weight is 292 g/mol. The molecule has 0 heterocycles. The van der Waals surface area contributed by atoms with Crippen molar-refractivity contribution in [2.45, 2.75) is 39.5 Å². The highest BCUT2D eigenvalue weighted by atomic mass is 14.2. The van der Waals surface area contributed by atoms with E-state index < -0.39 is 0 Å². The van der Waals surface area contributed by atoms with Gasteiger partial charge in [-0.3, -0.25) is 0 Å². The Morgan fingerprint density at radius 2 is 1.45 bits per heavy atom. The molecule has 116 valence electrons. The average Bonchev–Trinajstić information content (AvgIpc) is 2.54. The molecule has 0 aromatic heterocycles. The Hall–Kier alpha value is -2.08. The van der Waals surface area contributed by atoms with Crippen molar-refractivity contribution in [2.75, 3.05) is 0 Å². The van der Waals surface area contributed by atoms with Gasteiger partial charge in [0.15, 0.2) is 0 Å². The van der Waals surface area contributed by atoms with Gasteiger partial charge < -0.3 is 0 Å². The molecule has 0 atom stereocenters. The summed E-state index contributed by atoms with van der Waals surface area (Å²) in [5, 5.41) is 0. The van der Waals surface area contributed by atoms with E-state index in [1.54, 1.807) is 0 Å². The maximum atomic E-state index is 3.74. The third-order valence-corrected chi connectivity index (χ3v) is 3.67. The summed E-state index contributed by atoms with van der Waals surface area (Å²) in [6.07, 6.45) is 4.85. The van der Waals surface area contributed by atoms with Crippen LogP contribution in [0.3, 0.4) is 0 Å². The second-order valence-electron chi connectivity index (χ2n) is 6.33. The zero-order valence-corrected chi connectivity index (χ0v) is 14.4. The van der Waals surface area contributed by atoms with Gasteiger partial charge in [0.25, 0.3) is 0 Å². The van der Waals surface area contributed by atoms with Crippen LogP contribution in [-0.4, -0.2) is 0 Å². The summed E-state index contributed by atoms with van der Waals surface area (Å²) < 4.78 is 0. The molecule has 2 aromatic carbocycles. The zero-order valence-electron chi connectivity index (χ0n) is 14.4. The van der Waals surface area contributed by atoms with Crippen molar-refractivity contribution in [3.63, 3.8) is 0 Å². The molecule has 0 unspecified atom stereocenters. The molecule has 0 fully saturated rings. The van der Waals surface area contributed by atoms with Crippen LogP contribution in [0.25, 0.3) is 12.2 Å². The monoisotopic (exact) mass is 292 g/mol. The van der Waals surface area contributed by atoms with Crippen molar-refractivity contribution in [1.82, 2.24) is 0 Å². The highest BCUT2D eigenvalue weighted by Crippen LogP contribution is 2.22. The highest BCUT2D eigenvalue weighted by molar-refractivity contribution is 5.51. The Bertz CT molecular complexity index is 595. The Labute approximate surface area is 136 Å². The van der Waals surface area contributed by atoms with E-state index in [4.69, 9.17) is 0 Å². The molecule has 0 heteroatoms. The molecule has 0 aliphatic heterocycles. The largest absolute Gasteiger partial charge is 0.0985 e. The van der Waals surface area contributed by atoms with Crippen LogP contribution in [0.15, 0.2) is 61.7 Å². The molecule has 0 bridgehead atoms. The molecular formula is C22H28. The summed E-state index contributed by atoms with van der Waals surface area (Å²) in [6, 6.07) is 16.9. The lowest BCUT2D eigenvalue weighted by Gasteiger charge is -2.18. The van der Waals surface area contributed by atoms with E-state index in [2.05, 4.69) is 83.3 Å². The van der Waals surface area contributed by atoms with Gasteiger partial charge in [0.1, 0.15) is 0 Å². The highest BCUT2D eigenvalue weighted by Gasteiger charge is 2.12. The molecule has 0 saturated carbocycles. The van der Waals surface area contributed by atoms with E-state index in [9.17, 15) is 0 Å². The summed E-state index contributed by atoms with van der Waals surface area (Å²) in [7, 11) is 0. The topological polar surface area (TPSA) is 0 Å². The molecule has 0 amide bonds. The van der Waals surface area contributed by atoms with E-state index in [-0.39, 0.29) is 5.41 Å². The van der Waals surface area contributed by atoms with Crippen molar-refractivity contribution in [3.05, 3.63) is 83.9 Å². The molecule has 0 spiro atoms. The van der Waals surface area contributed by atoms with Crippen LogP contribution in [0.4, 0.5) is 0 Å². The van der Waals surface area contributed by atoms with Gasteiger partial charge >= 0.3 is 0 Å². The fourth-order valence-electron chi connectivity index (χ4n) is 2.17. The number of aryl methyl sites for hydroxylation is 1. The van der Waals surface area contributed by atoms with Crippen LogP contribution in [0.2, 0.25) is 0 Å². The second-order valence-corrected chi connectivity index (χ2v) is 6.33. The Kier molecular flexibility index (Phi) is 6.85. The lowest BCUT2D eigenvalue weighted by molar-refractivity contribution is 0.590. The Morgan fingerprint density at radius 1 is 0.864 bits per heavy atom. The van der Waals surface area contributed by atoms with Crippen LogP contribution in [0.1, 0.15) is 49.9 Å². The Balaban J connectivity index is 0.000000224. The first-order valence-electron chi connectivity index (χ1n) is 7.85. The maximum Gasteiger partial charge on any atom is -0.0132 e. The smallest absolute Gasteiger partial charge is 0.0132 e. The van der Waals surface area contributed by atoms with E-state index in [0.717, 1.165) is 6.42 Å². The predicted octanol–water partition coefficient (Wildman–Crippen LogP) is 6.52. The van der Waals surface area contributed by atoms with Crippen molar-refractivity contribution in [1.29, 1.82) is 0 Å². The minimum Gasteiger partial charge on any atom is -0.0985 e. The van der Waals surface area contributed by atoms with E-state index in [1.165, 1.54) is 22.3 Å². The fourth-order valence-corrected chi connectivity index (χ4v) is 2.17. The molecule has 0 N–H and O–H groups in total. The predicted molar refractivity (Wildman–Crippen MR) is 101 cm³/mol. The van der Waals surface area contributed by atoms with Gasteiger partial charge in [0.05, 0.1) is 0 Å². The minimum absolute atomic E-state index is 0.250. The van der Waals surface area contributed by atoms with E-state index >= 15 is 0 Å². The summed E-state index contributed by atoms with van der Waals surface area (Å²) in [5.41, 5.74) is 5.43. The van der Waals surface area contributed by atoms with E-state index in [0.29, 0.717) is 0 Å². The lowest BCUT2D eigenvalue weighted by atomic mass is 9.87. The summed E-state index contributed by atoms with van der Waals surface area (Å²) in [4.78, 5) is 0. The van der Waals surface area contributed by atoms with Gasteiger partial charge in [-0.05, 0) is 34.1 Å². The van der Waals surface area contributed by atoms with Crippen LogP contribution < -0.4 is 0 Å². The van der Waals surface area contributed by atoms with Gasteiger partial charge in [0, 0.05) is 0 Å². The molecule has 0 aliphatic carbocycles. The van der Waals surface area contributed by atoms with Crippen LogP contribution in [0.5, 0.6) is 0 Å². The summed E-state index contributed by atoms with van der Waals surface area (Å²) in [5.74, 6) is 0. The van der Waals surface area contributed by atoms with Crippen LogP contribution in [0, 0.1) is 0 Å². The maximum absolute atomic E-state index is 3.74. The van der Waals surface area contributed by atoms with Crippen LogP contribution in [-0.2, 0) is 11.8 Å². The van der Waals surface area contributed by atoms with E-state index in [1.807, 2.05) is 18.2 Å². The number of rotatable bonds is 3. The first-order chi connectivity index (χ1) is 10.4. The summed E-state index contributed by atoms with van der Waals surface area (Å²) in [6.45, 7) is 16.3. The molecular weight excluding hydrogens is 264 g/mol. The Morgan fingerprint density at radius 3 is 1.86 bits per heavy atom. The zero-order chi connectivity index (χ0) is 16.6. The second kappa shape index (κ2) is 8.38. The third-order valence-electron chi connectivity index (χ3n) is 3.67. The van der Waals surface area contributed by atoms with Crippen molar-refractivity contribution < 1.29 is 0 Å². The lowest BCUT2D eigenvalue weighted by Crippen LogP contribution is -2.10. The standard InChI is InChI=1S/C12H16.C10H12/c1-5-10-6-8-11(9-7-10)12(2,3)4;1-3-9-7-5-6-8-10(9)4-2/h5-9H,1H2,2-4H3;3,5-8H,1,4H2,2H3. The molecule has 0 nitrogen and oxygen atoms in total. The van der Waals surface area contributed by atoms with Gasteiger partial charge in [-0.25, -0.2) is 0 Å². The molecule has 0 saturated heterocycles. The number of hydrogen-bond donors (Lipinski definition) is 0. The molecule has 0 aliphatic rings. The van der Waals surface area contributed by atoms with Gasteiger partial charge in [-0.15, -0.1) is 0 Å². The normalized spacial score (nSPS) is 10.4. The SMILES string of the molecule is C=Cc1ccc(C(C)(C)C)cc1.C=Cc1ccccc1CC. The summed E-state index contributed by atoms with van der Waals surface area (Å²) >= 11 is 0. The van der Waals surface area contributed by atoms with Crippen molar-refractivity contribution >= 4 is 12.2 Å². The van der Waals surface area contributed by atoms with Gasteiger partial charge in [0.2, 0.25) is 0 Å². The van der Waals surface area contributed by atoms with Crippen LogP contribution >= 0.6 is 0 Å². The van der Waals surface area contributed by atoms with Gasteiger partial charge in [-0.2, -0.15) is 0 Å². The van der Waals surface area contributed by atoms with Crippen molar-refractivity contribution in [3.8, 4) is 0 Å². The number of benzene rings is 2.